The van der Waals surface area contributed by atoms with Crippen LogP contribution in [-0.4, -0.2) is 17.6 Å². The van der Waals surface area contributed by atoms with Crippen molar-refractivity contribution in [3.63, 3.8) is 0 Å². The molecule has 1 rings (SSSR count). The van der Waals surface area contributed by atoms with E-state index in [1.165, 1.54) is 0 Å². The average molecular weight is 293 g/mol. The predicted molar refractivity (Wildman–Crippen MR) is 66.0 cm³/mol. The molecule has 2 N–H and O–H groups in total. The summed E-state index contributed by atoms with van der Waals surface area (Å²) in [6.07, 6.45) is -2.80. The predicted octanol–water partition coefficient (Wildman–Crippen LogP) is 3.90. The van der Waals surface area contributed by atoms with Crippen LogP contribution in [0, 0.1) is 5.82 Å². The second-order valence-electron chi connectivity index (χ2n) is 4.32. The van der Waals surface area contributed by atoms with E-state index in [2.05, 4.69) is 5.32 Å². The van der Waals surface area contributed by atoms with Crippen LogP contribution in [-0.2, 0) is 11.0 Å². The summed E-state index contributed by atoms with van der Waals surface area (Å²) in [4.78, 5) is 10.3. The zero-order valence-corrected chi connectivity index (χ0v) is 10.6. The summed E-state index contributed by atoms with van der Waals surface area (Å²) < 4.78 is 50.7. The SMILES string of the molecule is O=C(O)CCCCCNc1cc(C(F)(F)F)ccc1F. The lowest BCUT2D eigenvalue weighted by atomic mass is 10.1. The minimum Gasteiger partial charge on any atom is -0.481 e. The van der Waals surface area contributed by atoms with Crippen LogP contribution in [0.2, 0.25) is 0 Å². The number of unbranched alkanes of at least 4 members (excludes halogenated alkanes) is 2. The topological polar surface area (TPSA) is 49.3 Å². The summed E-state index contributed by atoms with van der Waals surface area (Å²) in [7, 11) is 0. The van der Waals surface area contributed by atoms with Gasteiger partial charge in [0.05, 0.1) is 11.3 Å². The summed E-state index contributed by atoms with van der Waals surface area (Å²) in [6.45, 7) is 0.290. The molecule has 20 heavy (non-hydrogen) atoms. The van der Waals surface area contributed by atoms with Gasteiger partial charge >= 0.3 is 12.1 Å². The molecule has 0 saturated carbocycles. The molecule has 3 nitrogen and oxygen atoms in total. The fourth-order valence-corrected chi connectivity index (χ4v) is 1.64. The molecule has 7 heteroatoms. The molecule has 0 aliphatic carbocycles. The van der Waals surface area contributed by atoms with E-state index in [1.54, 1.807) is 0 Å². The van der Waals surface area contributed by atoms with Gasteiger partial charge in [0.15, 0.2) is 0 Å². The van der Waals surface area contributed by atoms with E-state index >= 15 is 0 Å². The van der Waals surface area contributed by atoms with Gasteiger partial charge in [0, 0.05) is 13.0 Å². The van der Waals surface area contributed by atoms with Crippen LogP contribution in [0.1, 0.15) is 31.2 Å². The van der Waals surface area contributed by atoms with Crippen molar-refractivity contribution < 1.29 is 27.5 Å². The fraction of sp³-hybridized carbons (Fsp3) is 0.462. The number of nitrogens with one attached hydrogen (secondary N) is 1. The molecular weight excluding hydrogens is 278 g/mol. The first-order valence-corrected chi connectivity index (χ1v) is 6.13. The lowest BCUT2D eigenvalue weighted by Gasteiger charge is -2.11. The maximum absolute atomic E-state index is 13.3. The lowest BCUT2D eigenvalue weighted by molar-refractivity contribution is -0.138. The highest BCUT2D eigenvalue weighted by Crippen LogP contribution is 2.31. The highest BCUT2D eigenvalue weighted by Gasteiger charge is 2.31. The maximum Gasteiger partial charge on any atom is 0.416 e. The van der Waals surface area contributed by atoms with Crippen molar-refractivity contribution in [2.75, 3.05) is 11.9 Å². The van der Waals surface area contributed by atoms with Crippen LogP contribution in [0.5, 0.6) is 0 Å². The molecule has 0 radical (unpaired) electrons. The highest BCUT2D eigenvalue weighted by atomic mass is 19.4. The number of hydrogen-bond acceptors (Lipinski definition) is 2. The number of rotatable bonds is 7. The third-order valence-electron chi connectivity index (χ3n) is 2.68. The molecule has 0 spiro atoms. The summed E-state index contributed by atoms with van der Waals surface area (Å²) in [5.41, 5.74) is -1.11. The van der Waals surface area contributed by atoms with Gasteiger partial charge in [-0.2, -0.15) is 13.2 Å². The van der Waals surface area contributed by atoms with Crippen LogP contribution in [0.4, 0.5) is 23.2 Å². The quantitative estimate of drug-likeness (QED) is 0.592. The van der Waals surface area contributed by atoms with E-state index in [0.717, 1.165) is 12.1 Å². The van der Waals surface area contributed by atoms with Gasteiger partial charge in [-0.1, -0.05) is 6.42 Å². The Hall–Kier alpha value is -1.79. The number of carboxylic acid groups (broad SMARTS) is 1. The van der Waals surface area contributed by atoms with E-state index < -0.39 is 23.5 Å². The Kier molecular flexibility index (Phi) is 5.79. The normalized spacial score (nSPS) is 11.4. The molecule has 0 aromatic heterocycles. The molecule has 0 unspecified atom stereocenters. The monoisotopic (exact) mass is 293 g/mol. The van der Waals surface area contributed by atoms with E-state index in [4.69, 9.17) is 5.11 Å². The third kappa shape index (κ3) is 5.46. The van der Waals surface area contributed by atoms with Crippen molar-refractivity contribution in [2.45, 2.75) is 31.9 Å². The van der Waals surface area contributed by atoms with Crippen molar-refractivity contribution in [1.29, 1.82) is 0 Å². The van der Waals surface area contributed by atoms with Gasteiger partial charge in [-0.05, 0) is 31.0 Å². The summed E-state index contributed by atoms with van der Waals surface area (Å²) >= 11 is 0. The average Bonchev–Trinajstić information content (AvgIpc) is 2.33. The molecule has 1 aromatic carbocycles. The number of hydrogen-bond donors (Lipinski definition) is 2. The zero-order valence-electron chi connectivity index (χ0n) is 10.6. The Bertz CT molecular complexity index is 460. The number of carbonyl (C=O) groups is 1. The number of anilines is 1. The maximum atomic E-state index is 13.3. The van der Waals surface area contributed by atoms with Gasteiger partial charge in [0.25, 0.3) is 0 Å². The first kappa shape index (κ1) is 16.3. The highest BCUT2D eigenvalue weighted by molar-refractivity contribution is 5.66. The van der Waals surface area contributed by atoms with Crippen LogP contribution in [0.3, 0.4) is 0 Å². The standard InChI is InChI=1S/C13H15F4NO2/c14-10-6-5-9(13(15,16)17)8-11(10)18-7-3-1-2-4-12(19)20/h5-6,8,18H,1-4,7H2,(H,19,20). The fourth-order valence-electron chi connectivity index (χ4n) is 1.64. The number of halogens is 4. The van der Waals surface area contributed by atoms with Gasteiger partial charge in [-0.15, -0.1) is 0 Å². The van der Waals surface area contributed by atoms with Gasteiger partial charge < -0.3 is 10.4 Å². The number of benzene rings is 1. The molecule has 0 heterocycles. The van der Waals surface area contributed by atoms with Gasteiger partial charge in [0.2, 0.25) is 0 Å². The molecule has 0 amide bonds. The van der Waals surface area contributed by atoms with Crippen LogP contribution in [0.25, 0.3) is 0 Å². The Morgan fingerprint density at radius 1 is 1.20 bits per heavy atom. The second kappa shape index (κ2) is 7.12. The molecule has 0 atom stereocenters. The van der Waals surface area contributed by atoms with E-state index in [9.17, 15) is 22.4 Å². The van der Waals surface area contributed by atoms with Gasteiger partial charge in [0.1, 0.15) is 5.82 Å². The molecule has 0 saturated heterocycles. The first-order chi connectivity index (χ1) is 9.30. The molecule has 112 valence electrons. The molecule has 0 aliphatic heterocycles. The molecule has 1 aromatic rings. The number of carboxylic acids is 1. The minimum absolute atomic E-state index is 0.0535. The molecule has 0 bridgehead atoms. The first-order valence-electron chi connectivity index (χ1n) is 6.13. The van der Waals surface area contributed by atoms with Crippen molar-refractivity contribution in [3.05, 3.63) is 29.6 Å². The smallest absolute Gasteiger partial charge is 0.416 e. The van der Waals surface area contributed by atoms with E-state index in [1.807, 2.05) is 0 Å². The molecular formula is C13H15F4NO2. The van der Waals surface area contributed by atoms with E-state index in [0.29, 0.717) is 25.3 Å². The zero-order chi connectivity index (χ0) is 15.2. The van der Waals surface area contributed by atoms with Crippen molar-refractivity contribution in [2.24, 2.45) is 0 Å². The Morgan fingerprint density at radius 2 is 1.90 bits per heavy atom. The minimum atomic E-state index is -4.51. The van der Waals surface area contributed by atoms with Crippen LogP contribution in [0.15, 0.2) is 18.2 Å². The van der Waals surface area contributed by atoms with Crippen molar-refractivity contribution in [3.8, 4) is 0 Å². The third-order valence-corrected chi connectivity index (χ3v) is 2.68. The van der Waals surface area contributed by atoms with Crippen LogP contribution < -0.4 is 5.32 Å². The summed E-state index contributed by atoms with van der Waals surface area (Å²) in [6, 6.07) is 2.19. The van der Waals surface area contributed by atoms with Crippen molar-refractivity contribution in [1.82, 2.24) is 0 Å². The lowest BCUT2D eigenvalue weighted by Crippen LogP contribution is -2.08. The molecule has 0 aliphatic rings. The Balaban J connectivity index is 2.45. The molecule has 0 fully saturated rings. The summed E-state index contributed by atoms with van der Waals surface area (Å²) in [5, 5.41) is 11.0. The van der Waals surface area contributed by atoms with E-state index in [-0.39, 0.29) is 18.7 Å². The van der Waals surface area contributed by atoms with Crippen molar-refractivity contribution >= 4 is 11.7 Å². The second-order valence-corrected chi connectivity index (χ2v) is 4.32. The Labute approximate surface area is 113 Å². The Morgan fingerprint density at radius 3 is 2.50 bits per heavy atom. The largest absolute Gasteiger partial charge is 0.481 e. The summed E-state index contributed by atoms with van der Waals surface area (Å²) in [5.74, 6) is -1.63. The number of aliphatic carboxylic acids is 1. The van der Waals surface area contributed by atoms with Gasteiger partial charge in [-0.25, -0.2) is 4.39 Å². The number of alkyl halides is 3. The van der Waals surface area contributed by atoms with Crippen LogP contribution >= 0.6 is 0 Å². The van der Waals surface area contributed by atoms with Gasteiger partial charge in [-0.3, -0.25) is 4.79 Å².